The predicted octanol–water partition coefficient (Wildman–Crippen LogP) is 3.28. The third-order valence-corrected chi connectivity index (χ3v) is 4.20. The number of carbonyl (C=O) groups excluding carboxylic acids is 1. The summed E-state index contributed by atoms with van der Waals surface area (Å²) in [5, 5.41) is 10.6. The van der Waals surface area contributed by atoms with Gasteiger partial charge in [0.2, 0.25) is 12.7 Å². The molecule has 1 aromatic heterocycles. The summed E-state index contributed by atoms with van der Waals surface area (Å²) in [5.41, 5.74) is 3.47. The van der Waals surface area contributed by atoms with E-state index in [1.165, 1.54) is 0 Å². The number of carbonyl (C=O) groups is 1. The highest BCUT2D eigenvalue weighted by atomic mass is 16.7. The maximum atomic E-state index is 12.2. The molecule has 2 heterocycles. The molecule has 1 saturated carbocycles. The number of aromatic amines is 1. The zero-order valence-corrected chi connectivity index (χ0v) is 13.2. The molecule has 6 heteroatoms. The van der Waals surface area contributed by atoms with Gasteiger partial charge in [-0.2, -0.15) is 5.10 Å². The molecule has 0 bridgehead atoms. The number of nitrogens with one attached hydrogen (secondary N) is 2. The number of hydrogen-bond acceptors (Lipinski definition) is 4. The van der Waals surface area contributed by atoms with Crippen molar-refractivity contribution < 1.29 is 14.3 Å². The Morgan fingerprint density at radius 1 is 1.30 bits per heavy atom. The van der Waals surface area contributed by atoms with Crippen molar-refractivity contribution in [2.24, 2.45) is 5.92 Å². The minimum atomic E-state index is -0.0819. The van der Waals surface area contributed by atoms with Crippen LogP contribution in [0.1, 0.15) is 38.3 Å². The number of ether oxygens (including phenoxy) is 2. The maximum Gasteiger partial charge on any atom is 0.231 e. The molecule has 4 rings (SSSR count). The second-order valence-corrected chi connectivity index (χ2v) is 6.35. The topological polar surface area (TPSA) is 76.2 Å². The first-order valence-electron chi connectivity index (χ1n) is 7.92. The fourth-order valence-corrected chi connectivity index (χ4v) is 2.67. The standard InChI is InChI=1S/C17H19N3O3/c1-9(2)17(21)18-16-14(10-3-4-10)19-20-15(16)11-5-6-12-13(7-11)23-8-22-12/h5-7,9-10H,3-4,8H2,1-2H3,(H,18,21)(H,19,20). The first kappa shape index (κ1) is 14.1. The Morgan fingerprint density at radius 2 is 2.09 bits per heavy atom. The molecule has 0 atom stereocenters. The average molecular weight is 313 g/mol. The number of anilines is 1. The summed E-state index contributed by atoms with van der Waals surface area (Å²) < 4.78 is 10.8. The van der Waals surface area contributed by atoms with E-state index >= 15 is 0 Å². The van der Waals surface area contributed by atoms with E-state index in [1.54, 1.807) is 0 Å². The van der Waals surface area contributed by atoms with Gasteiger partial charge in [-0.1, -0.05) is 13.8 Å². The number of amides is 1. The Hall–Kier alpha value is -2.50. The SMILES string of the molecule is CC(C)C(=O)Nc1c(-c2ccc3c(c2)OCO3)n[nH]c1C1CC1. The van der Waals surface area contributed by atoms with Crippen LogP contribution >= 0.6 is 0 Å². The maximum absolute atomic E-state index is 12.2. The van der Waals surface area contributed by atoms with E-state index in [0.29, 0.717) is 11.7 Å². The van der Waals surface area contributed by atoms with Crippen molar-refractivity contribution >= 4 is 11.6 Å². The van der Waals surface area contributed by atoms with Crippen LogP contribution in [0.5, 0.6) is 11.5 Å². The first-order chi connectivity index (χ1) is 11.1. The average Bonchev–Trinajstić information content (AvgIpc) is 3.12. The van der Waals surface area contributed by atoms with Crippen molar-refractivity contribution in [3.63, 3.8) is 0 Å². The van der Waals surface area contributed by atoms with Gasteiger partial charge in [-0.15, -0.1) is 0 Å². The van der Waals surface area contributed by atoms with Gasteiger partial charge in [-0.25, -0.2) is 0 Å². The molecule has 0 saturated heterocycles. The second-order valence-electron chi connectivity index (χ2n) is 6.35. The summed E-state index contributed by atoms with van der Waals surface area (Å²) in [4.78, 5) is 12.2. The fraction of sp³-hybridized carbons (Fsp3) is 0.412. The fourth-order valence-electron chi connectivity index (χ4n) is 2.67. The van der Waals surface area contributed by atoms with Crippen LogP contribution in [0.15, 0.2) is 18.2 Å². The molecule has 1 aromatic carbocycles. The van der Waals surface area contributed by atoms with Crippen molar-refractivity contribution in [2.75, 3.05) is 12.1 Å². The van der Waals surface area contributed by atoms with E-state index in [4.69, 9.17) is 9.47 Å². The summed E-state index contributed by atoms with van der Waals surface area (Å²) in [5.74, 6) is 1.82. The monoisotopic (exact) mass is 313 g/mol. The largest absolute Gasteiger partial charge is 0.454 e. The van der Waals surface area contributed by atoms with Crippen LogP contribution in [0.4, 0.5) is 5.69 Å². The van der Waals surface area contributed by atoms with Gasteiger partial charge in [-0.3, -0.25) is 9.89 Å². The van der Waals surface area contributed by atoms with Gasteiger partial charge in [-0.05, 0) is 31.0 Å². The molecular weight excluding hydrogens is 294 g/mol. The molecule has 2 N–H and O–H groups in total. The summed E-state index contributed by atoms with van der Waals surface area (Å²) >= 11 is 0. The van der Waals surface area contributed by atoms with E-state index in [1.807, 2.05) is 32.0 Å². The smallest absolute Gasteiger partial charge is 0.231 e. The van der Waals surface area contributed by atoms with E-state index in [0.717, 1.165) is 41.2 Å². The lowest BCUT2D eigenvalue weighted by Crippen LogP contribution is -2.18. The molecule has 1 fully saturated rings. The zero-order valence-electron chi connectivity index (χ0n) is 13.2. The molecule has 0 spiro atoms. The second kappa shape index (κ2) is 5.30. The molecular formula is C17H19N3O3. The number of benzene rings is 1. The molecule has 0 unspecified atom stereocenters. The van der Waals surface area contributed by atoms with Crippen LogP contribution in [-0.2, 0) is 4.79 Å². The molecule has 1 aliphatic heterocycles. The molecule has 1 amide bonds. The van der Waals surface area contributed by atoms with E-state index in [9.17, 15) is 4.79 Å². The van der Waals surface area contributed by atoms with E-state index in [-0.39, 0.29) is 18.6 Å². The number of rotatable bonds is 4. The molecule has 120 valence electrons. The highest BCUT2D eigenvalue weighted by molar-refractivity contribution is 5.96. The number of fused-ring (bicyclic) bond motifs is 1. The Balaban J connectivity index is 1.74. The van der Waals surface area contributed by atoms with Gasteiger partial charge in [0.1, 0.15) is 5.69 Å². The predicted molar refractivity (Wildman–Crippen MR) is 85.6 cm³/mol. The lowest BCUT2D eigenvalue weighted by Gasteiger charge is -2.10. The third-order valence-electron chi connectivity index (χ3n) is 4.20. The van der Waals surface area contributed by atoms with Crippen molar-refractivity contribution in [1.29, 1.82) is 0 Å². The Kier molecular flexibility index (Phi) is 3.25. The van der Waals surface area contributed by atoms with Crippen LogP contribution in [0, 0.1) is 5.92 Å². The van der Waals surface area contributed by atoms with Crippen molar-refractivity contribution in [2.45, 2.75) is 32.6 Å². The van der Waals surface area contributed by atoms with Crippen molar-refractivity contribution in [3.05, 3.63) is 23.9 Å². The number of H-pyrrole nitrogens is 1. The minimum Gasteiger partial charge on any atom is -0.454 e. The number of nitrogens with zero attached hydrogens (tertiary/aromatic N) is 1. The normalized spacial score (nSPS) is 16.0. The Labute approximate surface area is 134 Å². The number of hydrogen-bond donors (Lipinski definition) is 2. The van der Waals surface area contributed by atoms with Crippen molar-refractivity contribution in [3.8, 4) is 22.8 Å². The summed E-state index contributed by atoms with van der Waals surface area (Å²) in [7, 11) is 0. The van der Waals surface area contributed by atoms with E-state index in [2.05, 4.69) is 15.5 Å². The molecule has 1 aliphatic carbocycles. The van der Waals surface area contributed by atoms with Crippen molar-refractivity contribution in [1.82, 2.24) is 10.2 Å². The van der Waals surface area contributed by atoms with Gasteiger partial charge < -0.3 is 14.8 Å². The molecule has 2 aromatic rings. The summed E-state index contributed by atoms with van der Waals surface area (Å²) in [6, 6.07) is 5.71. The zero-order chi connectivity index (χ0) is 16.0. The van der Waals surface area contributed by atoms with Crippen LogP contribution in [-0.4, -0.2) is 22.9 Å². The van der Waals surface area contributed by atoms with Crippen LogP contribution in [0.25, 0.3) is 11.3 Å². The Morgan fingerprint density at radius 3 is 2.83 bits per heavy atom. The molecule has 6 nitrogen and oxygen atoms in total. The molecule has 2 aliphatic rings. The summed E-state index contributed by atoms with van der Waals surface area (Å²) in [6.07, 6.45) is 2.26. The van der Waals surface area contributed by atoms with Gasteiger partial charge >= 0.3 is 0 Å². The van der Waals surface area contributed by atoms with Gasteiger partial charge in [0.05, 0.1) is 11.4 Å². The van der Waals surface area contributed by atoms with Crippen LogP contribution in [0.2, 0.25) is 0 Å². The lowest BCUT2D eigenvalue weighted by molar-refractivity contribution is -0.118. The minimum absolute atomic E-state index is 0.00436. The lowest BCUT2D eigenvalue weighted by atomic mass is 10.1. The Bertz CT molecular complexity index is 762. The first-order valence-corrected chi connectivity index (χ1v) is 7.92. The highest BCUT2D eigenvalue weighted by Gasteiger charge is 2.31. The van der Waals surface area contributed by atoms with E-state index < -0.39 is 0 Å². The highest BCUT2D eigenvalue weighted by Crippen LogP contribution is 2.46. The van der Waals surface area contributed by atoms with Gasteiger partial charge in [0.15, 0.2) is 11.5 Å². The quantitative estimate of drug-likeness (QED) is 0.908. The summed E-state index contributed by atoms with van der Waals surface area (Å²) in [6.45, 7) is 4.00. The number of aromatic nitrogens is 2. The van der Waals surface area contributed by atoms with Gasteiger partial charge in [0, 0.05) is 17.4 Å². The molecule has 23 heavy (non-hydrogen) atoms. The van der Waals surface area contributed by atoms with Crippen LogP contribution in [0.3, 0.4) is 0 Å². The molecule has 0 radical (unpaired) electrons. The van der Waals surface area contributed by atoms with Gasteiger partial charge in [0.25, 0.3) is 0 Å². The third kappa shape index (κ3) is 2.54. The van der Waals surface area contributed by atoms with Crippen LogP contribution < -0.4 is 14.8 Å².